The van der Waals surface area contributed by atoms with Gasteiger partial charge in [-0.2, -0.15) is 0 Å². The molecule has 3 rings (SSSR count). The van der Waals surface area contributed by atoms with Gasteiger partial charge in [-0.15, -0.1) is 0 Å². The molecule has 0 atom stereocenters. The van der Waals surface area contributed by atoms with Crippen molar-refractivity contribution in [3.8, 4) is 0 Å². The normalized spacial score (nSPS) is 11.7. The summed E-state index contributed by atoms with van der Waals surface area (Å²) in [4.78, 5) is 8.88. The first-order valence-corrected chi connectivity index (χ1v) is 8.66. The van der Waals surface area contributed by atoms with Crippen LogP contribution >= 0.6 is 11.6 Å². The number of imidazole rings is 1. The molecule has 6 heteroatoms. The summed E-state index contributed by atoms with van der Waals surface area (Å²) in [6.07, 6.45) is 2.96. The zero-order valence-electron chi connectivity index (χ0n) is 14.5. The van der Waals surface area contributed by atoms with Crippen LogP contribution in [0.1, 0.15) is 17.0 Å². The number of pyridine rings is 1. The molecular weight excluding hydrogens is 334 g/mol. The average molecular weight is 356 g/mol. The highest BCUT2D eigenvalue weighted by molar-refractivity contribution is 6.30. The van der Waals surface area contributed by atoms with Crippen molar-refractivity contribution < 1.29 is 0 Å². The van der Waals surface area contributed by atoms with Crippen LogP contribution in [0, 0.1) is 6.92 Å². The van der Waals surface area contributed by atoms with Crippen LogP contribution in [-0.4, -0.2) is 28.9 Å². The summed E-state index contributed by atoms with van der Waals surface area (Å²) in [7, 11) is 1.77. The van der Waals surface area contributed by atoms with Crippen LogP contribution in [0.4, 0.5) is 0 Å². The Kier molecular flexibility index (Phi) is 5.56. The number of hydrogen-bond acceptors (Lipinski definition) is 2. The van der Waals surface area contributed by atoms with E-state index >= 15 is 0 Å². The molecule has 0 bridgehead atoms. The topological polar surface area (TPSA) is 53.7 Å². The first-order valence-electron chi connectivity index (χ1n) is 8.28. The van der Waals surface area contributed by atoms with Gasteiger partial charge in [0.1, 0.15) is 5.65 Å². The molecule has 0 aliphatic heterocycles. The number of rotatable bonds is 5. The second kappa shape index (κ2) is 8.03. The summed E-state index contributed by atoms with van der Waals surface area (Å²) in [5.41, 5.74) is 4.35. The molecule has 0 aliphatic carbocycles. The molecule has 0 spiro atoms. The van der Waals surface area contributed by atoms with Crippen molar-refractivity contribution in [3.63, 3.8) is 0 Å². The summed E-state index contributed by atoms with van der Waals surface area (Å²) in [6.45, 7) is 3.50. The van der Waals surface area contributed by atoms with Gasteiger partial charge < -0.3 is 15.0 Å². The van der Waals surface area contributed by atoms with Crippen molar-refractivity contribution in [3.05, 3.63) is 70.6 Å². The first-order chi connectivity index (χ1) is 12.2. The molecule has 2 heterocycles. The molecule has 2 aromatic heterocycles. The van der Waals surface area contributed by atoms with Gasteiger partial charge in [-0.05, 0) is 43.2 Å². The van der Waals surface area contributed by atoms with Gasteiger partial charge in [0.05, 0.1) is 12.2 Å². The molecule has 0 saturated carbocycles. The lowest BCUT2D eigenvalue weighted by Gasteiger charge is -2.11. The van der Waals surface area contributed by atoms with Gasteiger partial charge >= 0.3 is 0 Å². The Bertz CT molecular complexity index is 867. The van der Waals surface area contributed by atoms with Crippen LogP contribution in [-0.2, 0) is 13.0 Å². The summed E-state index contributed by atoms with van der Waals surface area (Å²) in [5, 5.41) is 7.38. The minimum absolute atomic E-state index is 0.627. The van der Waals surface area contributed by atoms with Gasteiger partial charge in [-0.1, -0.05) is 29.8 Å². The minimum atomic E-state index is 0.627. The number of hydrogen-bond donors (Lipinski definition) is 2. The Labute approximate surface area is 152 Å². The van der Waals surface area contributed by atoms with Crippen molar-refractivity contribution in [2.24, 2.45) is 4.99 Å². The lowest BCUT2D eigenvalue weighted by atomic mass is 10.1. The summed E-state index contributed by atoms with van der Waals surface area (Å²) >= 11 is 5.90. The van der Waals surface area contributed by atoms with Crippen molar-refractivity contribution in [1.82, 2.24) is 20.0 Å². The number of aryl methyl sites for hydroxylation is 1. The maximum absolute atomic E-state index is 5.90. The molecule has 0 saturated heterocycles. The van der Waals surface area contributed by atoms with E-state index in [1.165, 1.54) is 11.3 Å². The van der Waals surface area contributed by atoms with Gasteiger partial charge in [0.25, 0.3) is 0 Å². The number of nitrogens with zero attached hydrogens (tertiary/aromatic N) is 3. The van der Waals surface area contributed by atoms with E-state index in [4.69, 9.17) is 11.6 Å². The first kappa shape index (κ1) is 17.3. The number of guanidine groups is 1. The summed E-state index contributed by atoms with van der Waals surface area (Å²) in [6, 6.07) is 14.0. The number of nitrogens with one attached hydrogen (secondary N) is 2. The molecule has 2 N–H and O–H groups in total. The molecule has 0 amide bonds. The lowest BCUT2D eigenvalue weighted by molar-refractivity contribution is 0.786. The Morgan fingerprint density at radius 2 is 1.96 bits per heavy atom. The Morgan fingerprint density at radius 3 is 2.68 bits per heavy atom. The largest absolute Gasteiger partial charge is 0.356 e. The molecule has 130 valence electrons. The third kappa shape index (κ3) is 4.51. The van der Waals surface area contributed by atoms with Crippen molar-refractivity contribution in [2.75, 3.05) is 13.6 Å². The molecule has 25 heavy (non-hydrogen) atoms. The number of halogens is 1. The van der Waals surface area contributed by atoms with E-state index in [1.807, 2.05) is 36.4 Å². The minimum Gasteiger partial charge on any atom is -0.356 e. The third-order valence-electron chi connectivity index (χ3n) is 4.03. The lowest BCUT2D eigenvalue weighted by Crippen LogP contribution is -2.37. The van der Waals surface area contributed by atoms with Crippen molar-refractivity contribution in [1.29, 1.82) is 0 Å². The maximum Gasteiger partial charge on any atom is 0.191 e. The van der Waals surface area contributed by atoms with Gasteiger partial charge in [-0.25, -0.2) is 4.98 Å². The predicted octanol–water partition coefficient (Wildman–Crippen LogP) is 3.20. The molecule has 1 aromatic carbocycles. The van der Waals surface area contributed by atoms with Crippen molar-refractivity contribution >= 4 is 23.2 Å². The van der Waals surface area contributed by atoms with Crippen LogP contribution in [0.5, 0.6) is 0 Å². The highest BCUT2D eigenvalue weighted by Gasteiger charge is 2.04. The summed E-state index contributed by atoms with van der Waals surface area (Å²) in [5.74, 6) is 0.766. The fraction of sp³-hybridized carbons (Fsp3) is 0.263. The van der Waals surface area contributed by atoms with E-state index in [9.17, 15) is 0 Å². The van der Waals surface area contributed by atoms with Crippen molar-refractivity contribution in [2.45, 2.75) is 19.9 Å². The molecule has 5 nitrogen and oxygen atoms in total. The van der Waals surface area contributed by atoms with Crippen LogP contribution in [0.3, 0.4) is 0 Å². The molecular formula is C19H22ClN5. The Morgan fingerprint density at radius 1 is 1.16 bits per heavy atom. The van der Waals surface area contributed by atoms with E-state index in [-0.39, 0.29) is 0 Å². The smallest absolute Gasteiger partial charge is 0.191 e. The number of fused-ring (bicyclic) bond motifs is 1. The molecule has 0 radical (unpaired) electrons. The third-order valence-corrected chi connectivity index (χ3v) is 4.28. The maximum atomic E-state index is 5.90. The monoisotopic (exact) mass is 355 g/mol. The Balaban J connectivity index is 1.51. The van der Waals surface area contributed by atoms with Crippen LogP contribution in [0.25, 0.3) is 5.65 Å². The highest BCUT2D eigenvalue weighted by atomic mass is 35.5. The van der Waals surface area contributed by atoms with Gasteiger partial charge in [-0.3, -0.25) is 4.99 Å². The molecule has 0 fully saturated rings. The van der Waals surface area contributed by atoms with Crippen LogP contribution in [0.2, 0.25) is 5.02 Å². The fourth-order valence-electron chi connectivity index (χ4n) is 2.66. The van der Waals surface area contributed by atoms with Gasteiger partial charge in [0.15, 0.2) is 5.96 Å². The quantitative estimate of drug-likeness (QED) is 0.546. The van der Waals surface area contributed by atoms with Gasteiger partial charge in [0, 0.05) is 30.5 Å². The zero-order chi connectivity index (χ0) is 17.6. The van der Waals surface area contributed by atoms with E-state index in [0.717, 1.165) is 35.3 Å². The van der Waals surface area contributed by atoms with E-state index in [1.54, 1.807) is 7.05 Å². The van der Waals surface area contributed by atoms with E-state index in [2.05, 4.69) is 44.2 Å². The number of aromatic nitrogens is 2. The van der Waals surface area contributed by atoms with Gasteiger partial charge in [0.2, 0.25) is 0 Å². The fourth-order valence-corrected chi connectivity index (χ4v) is 2.78. The zero-order valence-corrected chi connectivity index (χ0v) is 15.2. The summed E-state index contributed by atoms with van der Waals surface area (Å²) < 4.78 is 2.09. The SMILES string of the molecule is CN=C(NCCc1ccc(Cl)cc1)NCc1cn2c(C)cccc2n1. The van der Waals surface area contributed by atoms with E-state index < -0.39 is 0 Å². The predicted molar refractivity (Wildman–Crippen MR) is 103 cm³/mol. The second-order valence-electron chi connectivity index (χ2n) is 5.86. The standard InChI is InChI=1S/C19H22ClN5/c1-14-4-3-5-18-24-17(13-25(14)18)12-23-19(21-2)22-11-10-15-6-8-16(20)9-7-15/h3-9,13H,10-12H2,1-2H3,(H2,21,22,23). The Hall–Kier alpha value is -2.53. The molecule has 3 aromatic rings. The second-order valence-corrected chi connectivity index (χ2v) is 6.29. The van der Waals surface area contributed by atoms with E-state index in [0.29, 0.717) is 6.54 Å². The molecule has 0 aliphatic rings. The number of benzene rings is 1. The average Bonchev–Trinajstić information content (AvgIpc) is 3.04. The van der Waals surface area contributed by atoms with Crippen LogP contribution in [0.15, 0.2) is 53.7 Å². The highest BCUT2D eigenvalue weighted by Crippen LogP contribution is 2.10. The number of aliphatic imine (C=N–C) groups is 1. The molecule has 0 unspecified atom stereocenters. The van der Waals surface area contributed by atoms with Crippen LogP contribution < -0.4 is 10.6 Å².